The first-order chi connectivity index (χ1) is 11.2. The predicted molar refractivity (Wildman–Crippen MR) is 81.3 cm³/mol. The molecular formula is C16H13F3N2O2S. The maximum atomic E-state index is 12.5. The Morgan fingerprint density at radius 1 is 1.08 bits per heavy atom. The molecule has 2 rings (SSSR count). The zero-order valence-corrected chi connectivity index (χ0v) is 13.4. The molecule has 0 aliphatic rings. The van der Waals surface area contributed by atoms with Gasteiger partial charge in [0.05, 0.1) is 16.0 Å². The van der Waals surface area contributed by atoms with Gasteiger partial charge in [0, 0.05) is 13.6 Å². The highest BCUT2D eigenvalue weighted by Crippen LogP contribution is 2.29. The first-order valence-electron chi connectivity index (χ1n) is 6.78. The van der Waals surface area contributed by atoms with Crippen LogP contribution in [0.1, 0.15) is 16.7 Å². The number of benzene rings is 2. The zero-order chi connectivity index (χ0) is 18.0. The lowest BCUT2D eigenvalue weighted by Gasteiger charge is -2.18. The molecule has 0 aliphatic heterocycles. The van der Waals surface area contributed by atoms with Crippen molar-refractivity contribution >= 4 is 10.0 Å². The second-order valence-electron chi connectivity index (χ2n) is 5.06. The average Bonchev–Trinajstić information content (AvgIpc) is 2.54. The van der Waals surface area contributed by atoms with E-state index in [0.29, 0.717) is 5.56 Å². The molecule has 0 heterocycles. The minimum absolute atomic E-state index is 0.0109. The summed E-state index contributed by atoms with van der Waals surface area (Å²) in [5, 5.41) is 9.02. The van der Waals surface area contributed by atoms with E-state index in [1.165, 1.54) is 37.4 Å². The smallest absolute Gasteiger partial charge is 0.207 e. The van der Waals surface area contributed by atoms with Crippen LogP contribution in [-0.4, -0.2) is 19.8 Å². The summed E-state index contributed by atoms with van der Waals surface area (Å²) in [4.78, 5) is -0.137. The van der Waals surface area contributed by atoms with Crippen LogP contribution in [0.5, 0.6) is 0 Å². The molecule has 4 nitrogen and oxygen atoms in total. The molecule has 0 aliphatic carbocycles. The van der Waals surface area contributed by atoms with Gasteiger partial charge in [0.15, 0.2) is 0 Å². The van der Waals surface area contributed by atoms with Crippen molar-refractivity contribution in [3.8, 4) is 6.07 Å². The van der Waals surface area contributed by atoms with Gasteiger partial charge in [-0.05, 0) is 29.8 Å². The van der Waals surface area contributed by atoms with Gasteiger partial charge in [0.1, 0.15) is 6.07 Å². The van der Waals surface area contributed by atoms with Crippen molar-refractivity contribution in [3.63, 3.8) is 0 Å². The summed E-state index contributed by atoms with van der Waals surface area (Å²) in [7, 11) is -2.62. The second-order valence-corrected chi connectivity index (χ2v) is 7.08. The van der Waals surface area contributed by atoms with Crippen LogP contribution < -0.4 is 0 Å². The maximum absolute atomic E-state index is 12.5. The lowest BCUT2D eigenvalue weighted by atomic mass is 10.1. The van der Waals surface area contributed by atoms with Crippen molar-refractivity contribution in [2.24, 2.45) is 0 Å². The Balaban J connectivity index is 2.26. The van der Waals surface area contributed by atoms with Crippen LogP contribution in [0.4, 0.5) is 13.2 Å². The summed E-state index contributed by atoms with van der Waals surface area (Å²) in [5.41, 5.74) is -0.383. The van der Waals surface area contributed by atoms with Crippen LogP contribution >= 0.6 is 0 Å². The lowest BCUT2D eigenvalue weighted by Crippen LogP contribution is -2.27. The molecule has 2 aromatic rings. The van der Waals surface area contributed by atoms with E-state index >= 15 is 0 Å². The predicted octanol–water partition coefficient (Wildman–Crippen LogP) is 3.40. The number of hydrogen-bond donors (Lipinski definition) is 0. The Morgan fingerprint density at radius 2 is 1.67 bits per heavy atom. The molecule has 0 spiro atoms. The highest BCUT2D eigenvalue weighted by atomic mass is 32.2. The number of hydrogen-bond acceptors (Lipinski definition) is 3. The molecule has 0 saturated carbocycles. The summed E-state index contributed by atoms with van der Waals surface area (Å²) in [5.74, 6) is 0. The van der Waals surface area contributed by atoms with Gasteiger partial charge in [0.2, 0.25) is 10.0 Å². The number of halogens is 3. The van der Waals surface area contributed by atoms with E-state index in [4.69, 9.17) is 5.26 Å². The van der Waals surface area contributed by atoms with E-state index in [-0.39, 0.29) is 17.0 Å². The van der Waals surface area contributed by atoms with Gasteiger partial charge in [-0.1, -0.05) is 24.3 Å². The topological polar surface area (TPSA) is 61.2 Å². The largest absolute Gasteiger partial charge is 0.416 e. The van der Waals surface area contributed by atoms with Crippen molar-refractivity contribution in [3.05, 3.63) is 65.2 Å². The molecule has 0 amide bonds. The van der Waals surface area contributed by atoms with E-state index in [2.05, 4.69) is 0 Å². The van der Waals surface area contributed by atoms with Gasteiger partial charge < -0.3 is 0 Å². The third-order valence-electron chi connectivity index (χ3n) is 3.38. The number of sulfonamides is 1. The fourth-order valence-corrected chi connectivity index (χ4v) is 3.39. The number of alkyl halides is 3. The van der Waals surface area contributed by atoms with Crippen LogP contribution in [0, 0.1) is 11.3 Å². The van der Waals surface area contributed by atoms with Crippen LogP contribution in [0.3, 0.4) is 0 Å². The minimum atomic E-state index is -4.44. The first kappa shape index (κ1) is 18.0. The highest BCUT2D eigenvalue weighted by Gasteiger charge is 2.30. The van der Waals surface area contributed by atoms with Crippen LogP contribution in [-0.2, 0) is 22.7 Å². The summed E-state index contributed by atoms with van der Waals surface area (Å²) in [6.45, 7) is -0.111. The Kier molecular flexibility index (Phi) is 4.96. The Bertz CT molecular complexity index is 869. The molecule has 0 bridgehead atoms. The fraction of sp³-hybridized carbons (Fsp3) is 0.188. The SMILES string of the molecule is CN(Cc1ccc(C(F)(F)F)cc1)S(=O)(=O)c1ccccc1C#N. The van der Waals surface area contributed by atoms with E-state index in [1.807, 2.05) is 6.07 Å². The Morgan fingerprint density at radius 3 is 2.21 bits per heavy atom. The minimum Gasteiger partial charge on any atom is -0.207 e. The summed E-state index contributed by atoms with van der Waals surface area (Å²) < 4.78 is 63.7. The monoisotopic (exact) mass is 354 g/mol. The van der Waals surface area contributed by atoms with Crippen molar-refractivity contribution in [1.29, 1.82) is 5.26 Å². The second kappa shape index (κ2) is 6.63. The number of rotatable bonds is 4. The first-order valence-corrected chi connectivity index (χ1v) is 8.22. The van der Waals surface area contributed by atoms with Gasteiger partial charge in [-0.3, -0.25) is 0 Å². The highest BCUT2D eigenvalue weighted by molar-refractivity contribution is 7.89. The van der Waals surface area contributed by atoms with E-state index in [0.717, 1.165) is 16.4 Å². The third-order valence-corrected chi connectivity index (χ3v) is 5.24. The van der Waals surface area contributed by atoms with E-state index < -0.39 is 21.8 Å². The third kappa shape index (κ3) is 3.75. The molecule has 0 unspecified atom stereocenters. The van der Waals surface area contributed by atoms with Crippen LogP contribution in [0.15, 0.2) is 53.4 Å². The summed E-state index contributed by atoms with van der Waals surface area (Å²) in [6, 6.07) is 11.8. The Hall–Kier alpha value is -2.37. The number of nitriles is 1. The van der Waals surface area contributed by atoms with Gasteiger partial charge in [-0.15, -0.1) is 0 Å². The summed E-state index contributed by atoms with van der Waals surface area (Å²) >= 11 is 0. The summed E-state index contributed by atoms with van der Waals surface area (Å²) in [6.07, 6.45) is -4.44. The normalized spacial score (nSPS) is 12.2. The van der Waals surface area contributed by atoms with Crippen molar-refractivity contribution < 1.29 is 21.6 Å². The molecule has 0 radical (unpaired) electrons. The van der Waals surface area contributed by atoms with Crippen molar-refractivity contribution in [2.75, 3.05) is 7.05 Å². The zero-order valence-electron chi connectivity index (χ0n) is 12.6. The van der Waals surface area contributed by atoms with E-state index in [1.54, 1.807) is 6.07 Å². The molecule has 126 valence electrons. The standard InChI is InChI=1S/C16H13F3N2O2S/c1-21(11-12-6-8-14(9-7-12)16(17,18)19)24(22,23)15-5-3-2-4-13(15)10-20/h2-9H,11H2,1H3. The van der Waals surface area contributed by atoms with Gasteiger partial charge in [-0.25, -0.2) is 8.42 Å². The molecular weight excluding hydrogens is 341 g/mol. The van der Waals surface area contributed by atoms with E-state index in [9.17, 15) is 21.6 Å². The average molecular weight is 354 g/mol. The molecule has 24 heavy (non-hydrogen) atoms. The van der Waals surface area contributed by atoms with Crippen molar-refractivity contribution in [1.82, 2.24) is 4.31 Å². The maximum Gasteiger partial charge on any atom is 0.416 e. The van der Waals surface area contributed by atoms with Gasteiger partial charge >= 0.3 is 6.18 Å². The lowest BCUT2D eigenvalue weighted by molar-refractivity contribution is -0.137. The molecule has 0 saturated heterocycles. The number of nitrogens with zero attached hydrogens (tertiary/aromatic N) is 2. The molecule has 0 aromatic heterocycles. The molecule has 0 N–H and O–H groups in total. The van der Waals surface area contributed by atoms with Gasteiger partial charge in [-0.2, -0.15) is 22.7 Å². The quantitative estimate of drug-likeness (QED) is 0.845. The Labute approximate surface area is 137 Å². The van der Waals surface area contributed by atoms with Gasteiger partial charge in [0.25, 0.3) is 0 Å². The fourth-order valence-electron chi connectivity index (χ4n) is 2.09. The molecule has 0 fully saturated rings. The molecule has 8 heteroatoms. The molecule has 2 aromatic carbocycles. The van der Waals surface area contributed by atoms with Crippen LogP contribution in [0.25, 0.3) is 0 Å². The molecule has 0 atom stereocenters. The van der Waals surface area contributed by atoms with Crippen LogP contribution in [0.2, 0.25) is 0 Å². The van der Waals surface area contributed by atoms with Crippen molar-refractivity contribution in [2.45, 2.75) is 17.6 Å².